The van der Waals surface area contributed by atoms with Crippen molar-refractivity contribution in [3.05, 3.63) is 59.9 Å². The van der Waals surface area contributed by atoms with Crippen molar-refractivity contribution >= 4 is 17.9 Å². The van der Waals surface area contributed by atoms with Gasteiger partial charge in [0.2, 0.25) is 0 Å². The summed E-state index contributed by atoms with van der Waals surface area (Å²) < 4.78 is 52.9. The predicted octanol–water partition coefficient (Wildman–Crippen LogP) is 2.68. The van der Waals surface area contributed by atoms with Crippen LogP contribution in [-0.4, -0.2) is 32.1 Å². The Hall–Kier alpha value is -3.69. The smallest absolute Gasteiger partial charge is 0.387 e. The van der Waals surface area contributed by atoms with Crippen LogP contribution in [0.4, 0.5) is 13.2 Å². The quantitative estimate of drug-likeness (QED) is 0.516. The summed E-state index contributed by atoms with van der Waals surface area (Å²) in [6.07, 6.45) is 2.20. The molecule has 0 radical (unpaired) electrons. The van der Waals surface area contributed by atoms with Crippen molar-refractivity contribution in [1.29, 1.82) is 0 Å². The normalized spacial score (nSPS) is 10.7. The van der Waals surface area contributed by atoms with Gasteiger partial charge in [0.05, 0.1) is 7.11 Å². The van der Waals surface area contributed by atoms with Crippen molar-refractivity contribution in [2.75, 3.05) is 13.7 Å². The molecule has 2 rings (SSSR count). The third-order valence-electron chi connectivity index (χ3n) is 3.37. The molecule has 0 saturated heterocycles. The Bertz CT molecular complexity index is 890. The number of hydrogen-bond acceptors (Lipinski definition) is 5. The molecule has 2 amide bonds. The van der Waals surface area contributed by atoms with Gasteiger partial charge in [0.25, 0.3) is 11.8 Å². The number of para-hydroxylation sites is 2. The molecule has 0 aliphatic rings. The van der Waals surface area contributed by atoms with Crippen molar-refractivity contribution in [2.24, 2.45) is 0 Å². The molecule has 0 atom stereocenters. The molecular weight excluding hydrogens is 393 g/mol. The summed E-state index contributed by atoms with van der Waals surface area (Å²) in [6, 6.07) is 9.90. The molecule has 2 N–H and O–H groups in total. The summed E-state index contributed by atoms with van der Waals surface area (Å²) in [5.41, 5.74) is 4.30. The molecule has 154 valence electrons. The number of ether oxygens (including phenoxy) is 3. The molecule has 0 unspecified atom stereocenters. The van der Waals surface area contributed by atoms with Crippen LogP contribution in [0.3, 0.4) is 0 Å². The topological polar surface area (TPSA) is 85.9 Å². The van der Waals surface area contributed by atoms with E-state index in [1.54, 1.807) is 0 Å². The van der Waals surface area contributed by atoms with Crippen LogP contribution in [0.5, 0.6) is 17.2 Å². The highest BCUT2D eigenvalue weighted by molar-refractivity contribution is 5.93. The number of nitrogens with one attached hydrogen (secondary N) is 2. The van der Waals surface area contributed by atoms with Crippen LogP contribution in [0.2, 0.25) is 0 Å². The Balaban J connectivity index is 1.89. The standard InChI is InChI=1S/C19H17F3N2O5/c1-27-15-8-4-5-12(18(15)29-19(21)22)9-10-16(25)23-24-17(26)11-28-14-7-3-2-6-13(14)20/h2-10,19H,11H2,1H3,(H,23,25)(H,24,26)/b10-9+. The minimum atomic E-state index is -3.08. The van der Waals surface area contributed by atoms with Crippen LogP contribution >= 0.6 is 0 Å². The van der Waals surface area contributed by atoms with E-state index >= 15 is 0 Å². The van der Waals surface area contributed by atoms with Crippen LogP contribution < -0.4 is 25.1 Å². The number of hydrazine groups is 1. The van der Waals surface area contributed by atoms with Gasteiger partial charge in [-0.15, -0.1) is 0 Å². The SMILES string of the molecule is COc1cccc(/C=C/C(=O)NNC(=O)COc2ccccc2F)c1OC(F)F. The van der Waals surface area contributed by atoms with Gasteiger partial charge in [0.15, 0.2) is 29.7 Å². The summed E-state index contributed by atoms with van der Waals surface area (Å²) in [5.74, 6) is -2.41. The van der Waals surface area contributed by atoms with E-state index in [0.29, 0.717) is 0 Å². The number of halogens is 3. The number of methoxy groups -OCH3 is 1. The zero-order valence-corrected chi connectivity index (χ0v) is 15.2. The summed E-state index contributed by atoms with van der Waals surface area (Å²) >= 11 is 0. The van der Waals surface area contributed by atoms with Gasteiger partial charge in [-0.1, -0.05) is 24.3 Å². The molecule has 0 aliphatic heterocycles. The molecule has 0 fully saturated rings. The van der Waals surface area contributed by atoms with E-state index in [4.69, 9.17) is 9.47 Å². The maximum Gasteiger partial charge on any atom is 0.387 e. The van der Waals surface area contributed by atoms with E-state index < -0.39 is 30.8 Å². The van der Waals surface area contributed by atoms with E-state index in [-0.39, 0.29) is 22.8 Å². The molecule has 0 heterocycles. The van der Waals surface area contributed by atoms with Crippen molar-refractivity contribution in [1.82, 2.24) is 10.9 Å². The number of carbonyl (C=O) groups excluding carboxylic acids is 2. The van der Waals surface area contributed by atoms with E-state index in [1.165, 1.54) is 55.7 Å². The lowest BCUT2D eigenvalue weighted by atomic mass is 10.1. The highest BCUT2D eigenvalue weighted by atomic mass is 19.3. The van der Waals surface area contributed by atoms with Gasteiger partial charge in [0, 0.05) is 11.6 Å². The molecule has 29 heavy (non-hydrogen) atoms. The summed E-state index contributed by atoms with van der Waals surface area (Å²) in [5, 5.41) is 0. The van der Waals surface area contributed by atoms with Crippen molar-refractivity contribution < 1.29 is 37.0 Å². The maximum absolute atomic E-state index is 13.4. The van der Waals surface area contributed by atoms with Gasteiger partial charge in [-0.3, -0.25) is 20.4 Å². The lowest BCUT2D eigenvalue weighted by molar-refractivity contribution is -0.128. The molecule has 0 bridgehead atoms. The first-order valence-electron chi connectivity index (χ1n) is 8.16. The molecular formula is C19H17F3N2O5. The highest BCUT2D eigenvalue weighted by Crippen LogP contribution is 2.33. The lowest BCUT2D eigenvalue weighted by Crippen LogP contribution is -2.43. The Kier molecular flexibility index (Phi) is 7.89. The average molecular weight is 410 g/mol. The lowest BCUT2D eigenvalue weighted by Gasteiger charge is -2.12. The molecule has 0 saturated carbocycles. The largest absolute Gasteiger partial charge is 0.493 e. The summed E-state index contributed by atoms with van der Waals surface area (Å²) in [6.45, 7) is -3.62. The molecule has 0 spiro atoms. The van der Waals surface area contributed by atoms with Gasteiger partial charge >= 0.3 is 6.61 Å². The Morgan fingerprint density at radius 3 is 2.48 bits per heavy atom. The minimum absolute atomic E-state index is 0.0615. The van der Waals surface area contributed by atoms with E-state index in [2.05, 4.69) is 15.6 Å². The summed E-state index contributed by atoms with van der Waals surface area (Å²) in [7, 11) is 1.28. The average Bonchev–Trinajstić information content (AvgIpc) is 2.70. The first-order valence-corrected chi connectivity index (χ1v) is 8.16. The first-order chi connectivity index (χ1) is 13.9. The summed E-state index contributed by atoms with van der Waals surface area (Å²) in [4.78, 5) is 23.5. The number of benzene rings is 2. The fourth-order valence-electron chi connectivity index (χ4n) is 2.12. The molecule has 2 aromatic rings. The fraction of sp³-hybridized carbons (Fsp3) is 0.158. The zero-order chi connectivity index (χ0) is 21.2. The van der Waals surface area contributed by atoms with E-state index in [9.17, 15) is 22.8 Å². The number of rotatable bonds is 8. The fourth-order valence-corrected chi connectivity index (χ4v) is 2.12. The number of amides is 2. The van der Waals surface area contributed by atoms with Crippen molar-refractivity contribution in [3.8, 4) is 17.2 Å². The molecule has 0 aliphatic carbocycles. The van der Waals surface area contributed by atoms with E-state index in [0.717, 1.165) is 6.08 Å². The first kappa shape index (κ1) is 21.6. The predicted molar refractivity (Wildman–Crippen MR) is 96.8 cm³/mol. The molecule has 10 heteroatoms. The number of alkyl halides is 2. The Morgan fingerprint density at radius 2 is 1.79 bits per heavy atom. The zero-order valence-electron chi connectivity index (χ0n) is 15.2. The van der Waals surface area contributed by atoms with Crippen molar-refractivity contribution in [3.63, 3.8) is 0 Å². The van der Waals surface area contributed by atoms with Crippen LogP contribution in [0.25, 0.3) is 6.08 Å². The van der Waals surface area contributed by atoms with Gasteiger partial charge in [-0.2, -0.15) is 8.78 Å². The van der Waals surface area contributed by atoms with Crippen molar-refractivity contribution in [2.45, 2.75) is 6.61 Å². The number of carbonyl (C=O) groups is 2. The van der Waals surface area contributed by atoms with Gasteiger partial charge in [-0.25, -0.2) is 4.39 Å². The number of hydrogen-bond donors (Lipinski definition) is 2. The maximum atomic E-state index is 13.4. The monoisotopic (exact) mass is 410 g/mol. The van der Waals surface area contributed by atoms with Crippen LogP contribution in [0.15, 0.2) is 48.5 Å². The van der Waals surface area contributed by atoms with Gasteiger partial charge in [0.1, 0.15) is 0 Å². The molecule has 2 aromatic carbocycles. The highest BCUT2D eigenvalue weighted by Gasteiger charge is 2.14. The second kappa shape index (κ2) is 10.6. The second-order valence-electron chi connectivity index (χ2n) is 5.35. The van der Waals surface area contributed by atoms with Gasteiger partial charge in [-0.05, 0) is 24.3 Å². The van der Waals surface area contributed by atoms with Gasteiger partial charge < -0.3 is 14.2 Å². The third kappa shape index (κ3) is 6.76. The van der Waals surface area contributed by atoms with Crippen LogP contribution in [0.1, 0.15) is 5.56 Å². The molecule has 0 aromatic heterocycles. The Labute approximate surface area is 164 Å². The van der Waals surface area contributed by atoms with E-state index in [1.807, 2.05) is 0 Å². The van der Waals surface area contributed by atoms with Crippen LogP contribution in [0, 0.1) is 5.82 Å². The Morgan fingerprint density at radius 1 is 1.07 bits per heavy atom. The third-order valence-corrected chi connectivity index (χ3v) is 3.37. The second-order valence-corrected chi connectivity index (χ2v) is 5.35. The molecule has 7 nitrogen and oxygen atoms in total. The minimum Gasteiger partial charge on any atom is -0.493 e. The van der Waals surface area contributed by atoms with Crippen LogP contribution in [-0.2, 0) is 9.59 Å².